The molecule has 1 amide bonds. The van der Waals surface area contributed by atoms with Gasteiger partial charge in [0.05, 0.1) is 5.69 Å². The van der Waals surface area contributed by atoms with Gasteiger partial charge in [-0.3, -0.25) is 5.32 Å². The molecule has 0 spiro atoms. The van der Waals surface area contributed by atoms with Crippen molar-refractivity contribution in [1.29, 1.82) is 0 Å². The predicted octanol–water partition coefficient (Wildman–Crippen LogP) is 3.62. The Labute approximate surface area is 98.8 Å². The number of hydrogen-bond donors (Lipinski definition) is 1. The second-order valence-electron chi connectivity index (χ2n) is 4.68. The molecule has 1 aromatic rings. The fourth-order valence-corrected chi connectivity index (χ4v) is 1.16. The van der Waals surface area contributed by atoms with Crippen molar-refractivity contribution in [3.63, 3.8) is 0 Å². The zero-order valence-electron chi connectivity index (χ0n) is 10.2. The van der Waals surface area contributed by atoms with E-state index in [0.717, 1.165) is 0 Å². The number of aryl methyl sites for hydroxylation is 1. The zero-order valence-corrected chi connectivity index (χ0v) is 10.2. The number of rotatable bonds is 1. The zero-order chi connectivity index (χ0) is 13.2. The van der Waals surface area contributed by atoms with Crippen LogP contribution in [-0.2, 0) is 4.74 Å². The number of halogens is 2. The third-order valence-electron chi connectivity index (χ3n) is 1.91. The Kier molecular flexibility index (Phi) is 3.70. The highest BCUT2D eigenvalue weighted by atomic mass is 19.2. The fourth-order valence-electron chi connectivity index (χ4n) is 1.16. The first-order valence-corrected chi connectivity index (χ1v) is 5.15. The summed E-state index contributed by atoms with van der Waals surface area (Å²) >= 11 is 0. The Morgan fingerprint density at radius 2 is 1.82 bits per heavy atom. The first-order chi connectivity index (χ1) is 7.70. The Morgan fingerprint density at radius 3 is 2.35 bits per heavy atom. The van der Waals surface area contributed by atoms with Crippen LogP contribution in [0.1, 0.15) is 26.3 Å². The molecule has 0 aliphatic heterocycles. The molecule has 0 saturated carbocycles. The van der Waals surface area contributed by atoms with Gasteiger partial charge in [0.1, 0.15) is 5.60 Å². The van der Waals surface area contributed by atoms with Gasteiger partial charge >= 0.3 is 6.09 Å². The van der Waals surface area contributed by atoms with Gasteiger partial charge in [0.15, 0.2) is 11.6 Å². The minimum Gasteiger partial charge on any atom is -0.444 e. The quantitative estimate of drug-likeness (QED) is 0.818. The molecule has 3 nitrogen and oxygen atoms in total. The van der Waals surface area contributed by atoms with Crippen molar-refractivity contribution in [2.24, 2.45) is 0 Å². The van der Waals surface area contributed by atoms with Gasteiger partial charge in [-0.15, -0.1) is 0 Å². The van der Waals surface area contributed by atoms with Crippen LogP contribution in [0, 0.1) is 18.6 Å². The second-order valence-corrected chi connectivity index (χ2v) is 4.68. The van der Waals surface area contributed by atoms with Gasteiger partial charge in [0.2, 0.25) is 0 Å². The summed E-state index contributed by atoms with van der Waals surface area (Å²) < 4.78 is 31.6. The predicted molar refractivity (Wildman–Crippen MR) is 61.0 cm³/mol. The summed E-state index contributed by atoms with van der Waals surface area (Å²) in [6.45, 7) is 6.48. The SMILES string of the molecule is Cc1ccc(NC(=O)OC(C)(C)C)c(F)c1F. The molecule has 17 heavy (non-hydrogen) atoms. The molecule has 0 heterocycles. The molecular formula is C12H15F2NO2. The number of carbonyl (C=O) groups excluding carboxylic acids is 1. The molecule has 0 atom stereocenters. The summed E-state index contributed by atoms with van der Waals surface area (Å²) in [6.07, 6.45) is -0.820. The van der Waals surface area contributed by atoms with Crippen LogP contribution in [0.3, 0.4) is 0 Å². The molecule has 1 aromatic carbocycles. The normalized spacial score (nSPS) is 11.2. The van der Waals surface area contributed by atoms with E-state index in [4.69, 9.17) is 4.74 Å². The molecule has 0 radical (unpaired) electrons. The summed E-state index contributed by atoms with van der Waals surface area (Å²) in [5.74, 6) is -2.06. The Morgan fingerprint density at radius 1 is 1.24 bits per heavy atom. The van der Waals surface area contributed by atoms with E-state index in [9.17, 15) is 13.6 Å². The van der Waals surface area contributed by atoms with Gasteiger partial charge in [-0.05, 0) is 39.3 Å². The molecule has 0 saturated heterocycles. The molecule has 0 fully saturated rings. The summed E-state index contributed by atoms with van der Waals surface area (Å²) in [4.78, 5) is 11.4. The maximum atomic E-state index is 13.4. The van der Waals surface area contributed by atoms with E-state index in [1.54, 1.807) is 20.8 Å². The van der Waals surface area contributed by atoms with Crippen LogP contribution in [0.15, 0.2) is 12.1 Å². The summed E-state index contributed by atoms with van der Waals surface area (Å²) in [5, 5.41) is 2.16. The van der Waals surface area contributed by atoms with Crippen LogP contribution in [0.25, 0.3) is 0 Å². The van der Waals surface area contributed by atoms with Crippen molar-refractivity contribution in [3.05, 3.63) is 29.3 Å². The molecule has 1 rings (SSSR count). The molecular weight excluding hydrogens is 228 g/mol. The average molecular weight is 243 g/mol. The lowest BCUT2D eigenvalue weighted by molar-refractivity contribution is 0.0635. The lowest BCUT2D eigenvalue weighted by atomic mass is 10.2. The van der Waals surface area contributed by atoms with Crippen LogP contribution < -0.4 is 5.32 Å². The number of anilines is 1. The molecule has 0 aromatic heterocycles. The van der Waals surface area contributed by atoms with Crippen LogP contribution >= 0.6 is 0 Å². The first kappa shape index (κ1) is 13.4. The molecule has 0 bridgehead atoms. The monoisotopic (exact) mass is 243 g/mol. The fraction of sp³-hybridized carbons (Fsp3) is 0.417. The highest BCUT2D eigenvalue weighted by Crippen LogP contribution is 2.20. The van der Waals surface area contributed by atoms with Crippen LogP contribution in [0.4, 0.5) is 19.3 Å². The highest BCUT2D eigenvalue weighted by molar-refractivity contribution is 5.85. The maximum Gasteiger partial charge on any atom is 0.412 e. The third kappa shape index (κ3) is 3.69. The second kappa shape index (κ2) is 4.69. The largest absolute Gasteiger partial charge is 0.444 e. The van der Waals surface area contributed by atoms with Crippen LogP contribution in [0.2, 0.25) is 0 Å². The highest BCUT2D eigenvalue weighted by Gasteiger charge is 2.18. The number of amides is 1. The van der Waals surface area contributed by atoms with E-state index < -0.39 is 23.3 Å². The van der Waals surface area contributed by atoms with E-state index in [0.29, 0.717) is 0 Å². The topological polar surface area (TPSA) is 38.3 Å². The number of hydrogen-bond acceptors (Lipinski definition) is 2. The smallest absolute Gasteiger partial charge is 0.412 e. The Bertz CT molecular complexity index is 439. The van der Waals surface area contributed by atoms with E-state index >= 15 is 0 Å². The van der Waals surface area contributed by atoms with Gasteiger partial charge in [-0.25, -0.2) is 13.6 Å². The summed E-state index contributed by atoms with van der Waals surface area (Å²) in [6, 6.07) is 2.67. The standard InChI is InChI=1S/C12H15F2NO2/c1-7-5-6-8(10(14)9(7)13)15-11(16)17-12(2,3)4/h5-6H,1-4H3,(H,15,16). The van der Waals surface area contributed by atoms with Gasteiger partial charge in [0.25, 0.3) is 0 Å². The molecule has 5 heteroatoms. The lowest BCUT2D eigenvalue weighted by Crippen LogP contribution is -2.27. The Balaban J connectivity index is 2.83. The average Bonchev–Trinajstić information content (AvgIpc) is 2.16. The van der Waals surface area contributed by atoms with Crippen LogP contribution in [0.5, 0.6) is 0 Å². The maximum absolute atomic E-state index is 13.4. The lowest BCUT2D eigenvalue weighted by Gasteiger charge is -2.19. The van der Waals surface area contributed by atoms with E-state index in [2.05, 4.69) is 5.32 Å². The van der Waals surface area contributed by atoms with E-state index in [1.807, 2.05) is 0 Å². The van der Waals surface area contributed by atoms with Crippen molar-refractivity contribution in [2.75, 3.05) is 5.32 Å². The Hall–Kier alpha value is -1.65. The van der Waals surface area contributed by atoms with Gasteiger partial charge < -0.3 is 4.74 Å². The summed E-state index contributed by atoms with van der Waals surface area (Å²) in [7, 11) is 0. The molecule has 0 aliphatic carbocycles. The summed E-state index contributed by atoms with van der Waals surface area (Å²) in [5.41, 5.74) is -0.747. The van der Waals surface area contributed by atoms with Gasteiger partial charge in [-0.2, -0.15) is 0 Å². The number of ether oxygens (including phenoxy) is 1. The van der Waals surface area contributed by atoms with Crippen molar-refractivity contribution in [1.82, 2.24) is 0 Å². The van der Waals surface area contributed by atoms with Gasteiger partial charge in [0, 0.05) is 0 Å². The van der Waals surface area contributed by atoms with Crippen LogP contribution in [-0.4, -0.2) is 11.7 Å². The van der Waals surface area contributed by atoms with E-state index in [-0.39, 0.29) is 11.3 Å². The van der Waals surface area contributed by atoms with Crippen molar-refractivity contribution < 1.29 is 18.3 Å². The number of nitrogens with one attached hydrogen (secondary N) is 1. The number of carbonyl (C=O) groups is 1. The van der Waals surface area contributed by atoms with E-state index in [1.165, 1.54) is 19.1 Å². The molecule has 94 valence electrons. The van der Waals surface area contributed by atoms with Crippen molar-refractivity contribution in [2.45, 2.75) is 33.3 Å². The van der Waals surface area contributed by atoms with Gasteiger partial charge in [-0.1, -0.05) is 6.07 Å². The molecule has 0 unspecified atom stereocenters. The molecule has 0 aliphatic rings. The first-order valence-electron chi connectivity index (χ1n) is 5.15. The number of benzene rings is 1. The van der Waals surface area contributed by atoms with Crippen molar-refractivity contribution in [3.8, 4) is 0 Å². The minimum atomic E-state index is -1.09. The molecule has 1 N–H and O–H groups in total. The van der Waals surface area contributed by atoms with Crippen molar-refractivity contribution >= 4 is 11.8 Å². The minimum absolute atomic E-state index is 0.178. The third-order valence-corrected chi connectivity index (χ3v) is 1.91.